The van der Waals surface area contributed by atoms with E-state index < -0.39 is 11.4 Å². The van der Waals surface area contributed by atoms with Gasteiger partial charge in [-0.05, 0) is 42.8 Å². The van der Waals surface area contributed by atoms with Crippen LogP contribution in [0.25, 0.3) is 16.5 Å². The van der Waals surface area contributed by atoms with Gasteiger partial charge in [-0.25, -0.2) is 4.79 Å². The van der Waals surface area contributed by atoms with Crippen LogP contribution in [-0.4, -0.2) is 18.2 Å². The second-order valence-electron chi connectivity index (χ2n) is 6.88. The van der Waals surface area contributed by atoms with Gasteiger partial charge in [-0.2, -0.15) is 0 Å². The normalized spacial score (nSPS) is 14.6. The van der Waals surface area contributed by atoms with Gasteiger partial charge < -0.3 is 9.32 Å². The molecule has 0 N–H and O–H groups in total. The highest BCUT2D eigenvalue weighted by Crippen LogP contribution is 2.38. The summed E-state index contributed by atoms with van der Waals surface area (Å²) in [7, 11) is 0. The Morgan fingerprint density at radius 2 is 1.93 bits per heavy atom. The summed E-state index contributed by atoms with van der Waals surface area (Å²) in [4.78, 5) is 39.9. The number of ketones is 1. The number of rotatable bonds is 5. The predicted molar refractivity (Wildman–Crippen MR) is 116 cm³/mol. The molecule has 3 aromatic rings. The molecule has 2 heterocycles. The monoisotopic (exact) mass is 451 g/mol. The fraction of sp³-hybridized carbons (Fsp3) is 0.174. The molecule has 2 aromatic carbocycles. The number of benzene rings is 2. The Morgan fingerprint density at radius 3 is 2.72 bits per heavy atom. The molecule has 0 spiro atoms. The minimum atomic E-state index is -0.715. The van der Waals surface area contributed by atoms with E-state index in [0.717, 1.165) is 23.0 Å². The van der Waals surface area contributed by atoms with Crippen LogP contribution in [0.15, 0.2) is 68.3 Å². The molecule has 1 aromatic heterocycles. The second-order valence-corrected chi connectivity index (χ2v) is 7.80. The first-order valence-electron chi connectivity index (χ1n) is 9.40. The molecule has 0 radical (unpaired) electrons. The van der Waals surface area contributed by atoms with E-state index in [1.807, 2.05) is 18.2 Å². The van der Waals surface area contributed by atoms with Crippen LogP contribution in [0.4, 0.5) is 5.69 Å². The average molecular weight is 452 g/mol. The summed E-state index contributed by atoms with van der Waals surface area (Å²) in [5, 5.41) is 0.652. The second kappa shape index (κ2) is 7.79. The molecular formula is C23H18BrNO4. The van der Waals surface area contributed by atoms with Gasteiger partial charge in [0.2, 0.25) is 0 Å². The zero-order valence-corrected chi connectivity index (χ0v) is 17.4. The van der Waals surface area contributed by atoms with Gasteiger partial charge in [0.15, 0.2) is 5.78 Å². The van der Waals surface area contributed by atoms with Crippen LogP contribution in [0.5, 0.6) is 0 Å². The lowest BCUT2D eigenvalue weighted by molar-refractivity contribution is -0.113. The topological polar surface area (TPSA) is 67.6 Å². The maximum absolute atomic E-state index is 13.0. The lowest BCUT2D eigenvalue weighted by Crippen LogP contribution is -2.27. The first kappa shape index (κ1) is 19.3. The Labute approximate surface area is 175 Å². The fourth-order valence-corrected chi connectivity index (χ4v) is 3.81. The van der Waals surface area contributed by atoms with Crippen LogP contribution in [-0.2, 0) is 4.79 Å². The van der Waals surface area contributed by atoms with Crippen LogP contribution in [0.1, 0.15) is 35.7 Å². The lowest BCUT2D eigenvalue weighted by atomic mass is 10.0. The summed E-state index contributed by atoms with van der Waals surface area (Å²) >= 11 is 3.43. The van der Waals surface area contributed by atoms with Gasteiger partial charge in [0.25, 0.3) is 5.91 Å². The number of carbonyl (C=O) groups is 2. The molecule has 1 amide bonds. The molecule has 29 heavy (non-hydrogen) atoms. The minimum Gasteiger partial charge on any atom is -0.422 e. The van der Waals surface area contributed by atoms with Crippen molar-refractivity contribution in [3.8, 4) is 0 Å². The molecular weight excluding hydrogens is 434 g/mol. The predicted octanol–water partition coefficient (Wildman–Crippen LogP) is 4.97. The molecule has 146 valence electrons. The van der Waals surface area contributed by atoms with Crippen molar-refractivity contribution in [2.75, 3.05) is 11.4 Å². The fourth-order valence-electron chi connectivity index (χ4n) is 3.45. The van der Waals surface area contributed by atoms with Crippen molar-refractivity contribution >= 4 is 49.9 Å². The largest absolute Gasteiger partial charge is 0.422 e. The van der Waals surface area contributed by atoms with Crippen molar-refractivity contribution in [1.29, 1.82) is 0 Å². The first-order valence-corrected chi connectivity index (χ1v) is 10.2. The Bertz CT molecular complexity index is 1230. The highest BCUT2D eigenvalue weighted by atomic mass is 79.9. The molecule has 0 saturated carbocycles. The molecule has 0 saturated heterocycles. The van der Waals surface area contributed by atoms with Gasteiger partial charge in [-0.1, -0.05) is 47.5 Å². The van der Waals surface area contributed by atoms with Gasteiger partial charge in [0.1, 0.15) is 11.1 Å². The van der Waals surface area contributed by atoms with Gasteiger partial charge in [-0.15, -0.1) is 0 Å². The van der Waals surface area contributed by atoms with Crippen LogP contribution < -0.4 is 10.5 Å². The summed E-state index contributed by atoms with van der Waals surface area (Å²) in [6.45, 7) is 2.63. The molecule has 1 aliphatic heterocycles. The third kappa shape index (κ3) is 3.56. The number of halogens is 1. The third-order valence-electron chi connectivity index (χ3n) is 4.93. The number of hydrogen-bond donors (Lipinski definition) is 0. The van der Waals surface area contributed by atoms with Crippen molar-refractivity contribution < 1.29 is 14.0 Å². The average Bonchev–Trinajstić information content (AvgIpc) is 2.96. The molecule has 0 fully saturated rings. The van der Waals surface area contributed by atoms with E-state index in [1.165, 1.54) is 12.1 Å². The minimum absolute atomic E-state index is 0.0902. The van der Waals surface area contributed by atoms with Crippen molar-refractivity contribution in [1.82, 2.24) is 0 Å². The summed E-state index contributed by atoms with van der Waals surface area (Å²) < 4.78 is 6.07. The zero-order chi connectivity index (χ0) is 20.5. The number of unbranched alkanes of at least 4 members (excludes halogenated alkanes) is 1. The molecule has 0 bridgehead atoms. The smallest absolute Gasteiger partial charge is 0.347 e. The van der Waals surface area contributed by atoms with E-state index in [0.29, 0.717) is 23.1 Å². The Hall–Kier alpha value is -2.99. The maximum atomic E-state index is 13.0. The Kier molecular flexibility index (Phi) is 5.20. The van der Waals surface area contributed by atoms with E-state index in [1.54, 1.807) is 29.2 Å². The van der Waals surface area contributed by atoms with Crippen LogP contribution >= 0.6 is 15.9 Å². The summed E-state index contributed by atoms with van der Waals surface area (Å²) in [5.74, 6) is -0.777. The molecule has 0 atom stereocenters. The standard InChI is InChI=1S/C23H18BrNO4/c1-2-3-10-25-19-9-8-15(24)12-16(19)17(22(25)27)13-20(26)18-11-14-6-4-5-7-21(14)29-23(18)28/h4-9,11-13H,2-3,10H2,1H3/b17-13-. The van der Waals surface area contributed by atoms with Crippen molar-refractivity contribution in [2.45, 2.75) is 19.8 Å². The van der Waals surface area contributed by atoms with E-state index in [9.17, 15) is 14.4 Å². The molecule has 5 nitrogen and oxygen atoms in total. The number of amides is 1. The van der Waals surface area contributed by atoms with Crippen LogP contribution in [0.3, 0.4) is 0 Å². The zero-order valence-electron chi connectivity index (χ0n) is 15.8. The number of allylic oxidation sites excluding steroid dienone is 1. The number of carbonyl (C=O) groups excluding carboxylic acids is 2. The number of hydrogen-bond acceptors (Lipinski definition) is 4. The molecule has 6 heteroatoms. The van der Waals surface area contributed by atoms with Crippen molar-refractivity contribution in [3.05, 3.63) is 80.6 Å². The summed E-state index contributed by atoms with van der Waals surface area (Å²) in [5.41, 5.74) is 1.35. The van der Waals surface area contributed by atoms with Gasteiger partial charge in [-0.3, -0.25) is 9.59 Å². The van der Waals surface area contributed by atoms with Crippen molar-refractivity contribution in [2.24, 2.45) is 0 Å². The molecule has 1 aliphatic rings. The Morgan fingerprint density at radius 1 is 1.14 bits per heavy atom. The van der Waals surface area contributed by atoms with E-state index >= 15 is 0 Å². The molecule has 0 unspecified atom stereocenters. The summed E-state index contributed by atoms with van der Waals surface area (Å²) in [6, 6.07) is 14.1. The van der Waals surface area contributed by atoms with Crippen LogP contribution in [0.2, 0.25) is 0 Å². The number of fused-ring (bicyclic) bond motifs is 2. The summed E-state index contributed by atoms with van der Waals surface area (Å²) in [6.07, 6.45) is 3.06. The van der Waals surface area contributed by atoms with E-state index in [-0.39, 0.29) is 17.0 Å². The first-order chi connectivity index (χ1) is 14.0. The quantitative estimate of drug-likeness (QED) is 0.312. The molecule has 4 rings (SSSR count). The highest BCUT2D eigenvalue weighted by molar-refractivity contribution is 9.10. The van der Waals surface area contributed by atoms with E-state index in [2.05, 4.69) is 22.9 Å². The number of nitrogens with zero attached hydrogens (tertiary/aromatic N) is 1. The Balaban J connectivity index is 1.79. The van der Waals surface area contributed by atoms with Crippen LogP contribution in [0, 0.1) is 0 Å². The lowest BCUT2D eigenvalue weighted by Gasteiger charge is -2.16. The SMILES string of the molecule is CCCCN1C(=O)/C(=C\C(=O)c2cc3ccccc3oc2=O)c2cc(Br)ccc21. The van der Waals surface area contributed by atoms with Gasteiger partial charge in [0.05, 0.1) is 11.3 Å². The maximum Gasteiger partial charge on any atom is 0.347 e. The molecule has 0 aliphatic carbocycles. The highest BCUT2D eigenvalue weighted by Gasteiger charge is 2.33. The van der Waals surface area contributed by atoms with Gasteiger partial charge >= 0.3 is 5.63 Å². The number of anilines is 1. The van der Waals surface area contributed by atoms with Crippen molar-refractivity contribution in [3.63, 3.8) is 0 Å². The third-order valence-corrected chi connectivity index (χ3v) is 5.43. The number of para-hydroxylation sites is 1. The van der Waals surface area contributed by atoms with E-state index in [4.69, 9.17) is 4.42 Å². The van der Waals surface area contributed by atoms with Gasteiger partial charge in [0, 0.05) is 22.0 Å².